The second-order valence-corrected chi connectivity index (χ2v) is 6.09. The highest BCUT2D eigenvalue weighted by molar-refractivity contribution is 7.99. The summed E-state index contributed by atoms with van der Waals surface area (Å²) in [6.45, 7) is 7.44. The van der Waals surface area contributed by atoms with E-state index >= 15 is 0 Å². The topological polar surface area (TPSA) is 81.4 Å². The molecule has 1 aromatic heterocycles. The Morgan fingerprint density at radius 2 is 2.05 bits per heavy atom. The summed E-state index contributed by atoms with van der Waals surface area (Å²) < 4.78 is 9.76. The summed E-state index contributed by atoms with van der Waals surface area (Å²) >= 11 is 1.46. The maximum Gasteiger partial charge on any atom is 0.328 e. The molecule has 21 heavy (non-hydrogen) atoms. The van der Waals surface area contributed by atoms with Crippen LogP contribution in [0.15, 0.2) is 4.52 Å². The Labute approximate surface area is 129 Å². The van der Waals surface area contributed by atoms with E-state index < -0.39 is 12.0 Å². The first-order valence-electron chi connectivity index (χ1n) is 6.73. The average molecular weight is 314 g/mol. The van der Waals surface area contributed by atoms with E-state index in [2.05, 4.69) is 15.2 Å². The van der Waals surface area contributed by atoms with Crippen LogP contribution in [0.25, 0.3) is 0 Å². The lowest BCUT2D eigenvalue weighted by atomic mass is 10.1. The Morgan fingerprint density at radius 1 is 1.38 bits per heavy atom. The van der Waals surface area contributed by atoms with E-state index in [1.165, 1.54) is 18.9 Å². The van der Waals surface area contributed by atoms with Crippen molar-refractivity contribution in [3.05, 3.63) is 17.0 Å². The fourth-order valence-electron chi connectivity index (χ4n) is 1.79. The van der Waals surface area contributed by atoms with Crippen LogP contribution in [0.3, 0.4) is 0 Å². The molecule has 0 saturated carbocycles. The third-order valence-corrected chi connectivity index (χ3v) is 4.06. The van der Waals surface area contributed by atoms with Gasteiger partial charge in [0.1, 0.15) is 11.8 Å². The molecule has 7 heteroatoms. The van der Waals surface area contributed by atoms with Crippen molar-refractivity contribution in [1.82, 2.24) is 10.5 Å². The highest BCUT2D eigenvalue weighted by atomic mass is 32.2. The van der Waals surface area contributed by atoms with Crippen molar-refractivity contribution in [3.8, 4) is 0 Å². The van der Waals surface area contributed by atoms with E-state index in [1.54, 1.807) is 0 Å². The second kappa shape index (κ2) is 8.07. The summed E-state index contributed by atoms with van der Waals surface area (Å²) in [6, 6.07) is -0.609. The van der Waals surface area contributed by atoms with Crippen LogP contribution >= 0.6 is 11.8 Å². The zero-order valence-corrected chi connectivity index (χ0v) is 13.9. The molecule has 1 N–H and O–H groups in total. The third kappa shape index (κ3) is 5.08. The predicted molar refractivity (Wildman–Crippen MR) is 80.9 cm³/mol. The van der Waals surface area contributed by atoms with Crippen LogP contribution in [-0.2, 0) is 20.1 Å². The number of rotatable bonds is 7. The lowest BCUT2D eigenvalue weighted by Gasteiger charge is -2.19. The Hall–Kier alpha value is -1.50. The lowest BCUT2D eigenvalue weighted by molar-refractivity contribution is -0.146. The molecule has 0 spiro atoms. The number of aryl methyl sites for hydroxylation is 2. The molecule has 1 rings (SSSR count). The third-order valence-electron chi connectivity index (χ3n) is 3.10. The molecule has 0 radical (unpaired) electrons. The molecule has 0 fully saturated rings. The van der Waals surface area contributed by atoms with Gasteiger partial charge in [0.15, 0.2) is 0 Å². The van der Waals surface area contributed by atoms with Gasteiger partial charge >= 0.3 is 5.97 Å². The molecule has 0 aliphatic heterocycles. The van der Waals surface area contributed by atoms with Crippen molar-refractivity contribution in [2.45, 2.75) is 39.5 Å². The van der Waals surface area contributed by atoms with Gasteiger partial charge in [-0.3, -0.25) is 4.79 Å². The number of hydrogen-bond acceptors (Lipinski definition) is 6. The molecule has 0 aliphatic rings. The van der Waals surface area contributed by atoms with Gasteiger partial charge in [-0.05, 0) is 19.8 Å². The minimum absolute atomic E-state index is 0.0195. The summed E-state index contributed by atoms with van der Waals surface area (Å²) in [4.78, 5) is 23.5. The van der Waals surface area contributed by atoms with Gasteiger partial charge in [-0.25, -0.2) is 4.79 Å². The molecule has 1 atom stereocenters. The first kappa shape index (κ1) is 17.6. The quantitative estimate of drug-likeness (QED) is 0.773. The van der Waals surface area contributed by atoms with Gasteiger partial charge in [0.05, 0.1) is 18.6 Å². The SMILES string of the molecule is COC(=O)C(NC(=O)CSCc1c(C)noc1C)C(C)C. The number of methoxy groups -OCH3 is 1. The number of amides is 1. The molecular formula is C14H22N2O4S. The smallest absolute Gasteiger partial charge is 0.328 e. The van der Waals surface area contributed by atoms with E-state index in [-0.39, 0.29) is 17.6 Å². The fraction of sp³-hybridized carbons (Fsp3) is 0.643. The normalized spacial score (nSPS) is 12.3. The van der Waals surface area contributed by atoms with Crippen LogP contribution in [0.1, 0.15) is 30.9 Å². The van der Waals surface area contributed by atoms with E-state index in [9.17, 15) is 9.59 Å². The first-order chi connectivity index (χ1) is 9.86. The highest BCUT2D eigenvalue weighted by Crippen LogP contribution is 2.19. The van der Waals surface area contributed by atoms with Crippen molar-refractivity contribution in [2.75, 3.05) is 12.9 Å². The number of nitrogens with zero attached hydrogens (tertiary/aromatic N) is 1. The molecule has 1 aromatic rings. The van der Waals surface area contributed by atoms with E-state index in [4.69, 9.17) is 4.52 Å². The number of nitrogens with one attached hydrogen (secondary N) is 1. The molecule has 0 bridgehead atoms. The zero-order valence-electron chi connectivity index (χ0n) is 13.1. The first-order valence-corrected chi connectivity index (χ1v) is 7.89. The van der Waals surface area contributed by atoms with Crippen LogP contribution in [-0.4, -0.2) is 35.9 Å². The highest BCUT2D eigenvalue weighted by Gasteiger charge is 2.24. The van der Waals surface area contributed by atoms with Crippen molar-refractivity contribution in [3.63, 3.8) is 0 Å². The molecule has 0 aliphatic carbocycles. The Kier molecular flexibility index (Phi) is 6.74. The average Bonchev–Trinajstić information content (AvgIpc) is 2.75. The van der Waals surface area contributed by atoms with Crippen LogP contribution in [0, 0.1) is 19.8 Å². The zero-order chi connectivity index (χ0) is 16.0. The number of ether oxygens (including phenoxy) is 1. The molecule has 0 aromatic carbocycles. The van der Waals surface area contributed by atoms with Gasteiger partial charge in [0.2, 0.25) is 5.91 Å². The minimum Gasteiger partial charge on any atom is -0.467 e. The van der Waals surface area contributed by atoms with Crippen molar-refractivity contribution >= 4 is 23.6 Å². The van der Waals surface area contributed by atoms with Crippen LogP contribution in [0.5, 0.6) is 0 Å². The Morgan fingerprint density at radius 3 is 2.52 bits per heavy atom. The summed E-state index contributed by atoms with van der Waals surface area (Å²) in [7, 11) is 1.32. The van der Waals surface area contributed by atoms with E-state index in [1.807, 2.05) is 27.7 Å². The predicted octanol–water partition coefficient (Wildman–Crippen LogP) is 1.84. The summed E-state index contributed by atoms with van der Waals surface area (Å²) in [5, 5.41) is 6.57. The maximum atomic E-state index is 11.9. The van der Waals surface area contributed by atoms with Gasteiger partial charge in [0.25, 0.3) is 0 Å². The minimum atomic E-state index is -0.609. The number of hydrogen-bond donors (Lipinski definition) is 1. The molecular weight excluding hydrogens is 292 g/mol. The maximum absolute atomic E-state index is 11.9. The molecule has 1 unspecified atom stereocenters. The van der Waals surface area contributed by atoms with Gasteiger partial charge in [-0.2, -0.15) is 0 Å². The number of thioether (sulfide) groups is 1. The van der Waals surface area contributed by atoms with Gasteiger partial charge in [-0.1, -0.05) is 19.0 Å². The fourth-order valence-corrected chi connectivity index (χ4v) is 2.78. The Balaban J connectivity index is 2.45. The van der Waals surface area contributed by atoms with Crippen LogP contribution < -0.4 is 5.32 Å². The van der Waals surface area contributed by atoms with Gasteiger partial charge in [-0.15, -0.1) is 11.8 Å². The number of esters is 1. The van der Waals surface area contributed by atoms with Crippen LogP contribution in [0.4, 0.5) is 0 Å². The molecule has 118 valence electrons. The van der Waals surface area contributed by atoms with Gasteiger partial charge in [0, 0.05) is 11.3 Å². The van der Waals surface area contributed by atoms with Crippen LogP contribution in [0.2, 0.25) is 0 Å². The molecule has 1 amide bonds. The molecule has 6 nitrogen and oxygen atoms in total. The summed E-state index contributed by atoms with van der Waals surface area (Å²) in [5.41, 5.74) is 1.86. The van der Waals surface area contributed by atoms with E-state index in [0.29, 0.717) is 5.75 Å². The second-order valence-electron chi connectivity index (χ2n) is 5.11. The number of aromatic nitrogens is 1. The van der Waals surface area contributed by atoms with Crippen molar-refractivity contribution < 1.29 is 18.8 Å². The molecule has 0 saturated heterocycles. The summed E-state index contributed by atoms with van der Waals surface area (Å²) in [6.07, 6.45) is 0. The number of carbonyl (C=O) groups excluding carboxylic acids is 2. The number of carbonyl (C=O) groups is 2. The largest absolute Gasteiger partial charge is 0.467 e. The molecule has 1 heterocycles. The standard InChI is InChI=1S/C14H22N2O4S/c1-8(2)13(14(18)19-5)15-12(17)7-21-6-11-9(3)16-20-10(11)4/h8,13H,6-7H2,1-5H3,(H,15,17). The summed E-state index contributed by atoms with van der Waals surface area (Å²) in [5.74, 6) is 1.07. The van der Waals surface area contributed by atoms with Crippen molar-refractivity contribution in [1.29, 1.82) is 0 Å². The lowest BCUT2D eigenvalue weighted by Crippen LogP contribution is -2.45. The van der Waals surface area contributed by atoms with E-state index in [0.717, 1.165) is 17.0 Å². The van der Waals surface area contributed by atoms with Gasteiger partial charge < -0.3 is 14.6 Å². The Bertz CT molecular complexity index is 480. The monoisotopic (exact) mass is 314 g/mol. The van der Waals surface area contributed by atoms with Crippen molar-refractivity contribution in [2.24, 2.45) is 5.92 Å².